The number of rotatable bonds is 4. The molecule has 0 radical (unpaired) electrons. The SMILES string of the molecule is CC(NCc1cc(Br)c2c(c1)OCO2)c1ccc(Br)cc1. The van der Waals surface area contributed by atoms with Gasteiger partial charge in [0.2, 0.25) is 6.79 Å². The largest absolute Gasteiger partial charge is 0.454 e. The van der Waals surface area contributed by atoms with Crippen molar-refractivity contribution in [2.45, 2.75) is 19.5 Å². The summed E-state index contributed by atoms with van der Waals surface area (Å²) in [6.45, 7) is 3.22. The van der Waals surface area contributed by atoms with Crippen molar-refractivity contribution in [3.05, 3.63) is 56.5 Å². The fourth-order valence-corrected chi connectivity index (χ4v) is 3.13. The van der Waals surface area contributed by atoms with Crippen LogP contribution in [0, 0.1) is 0 Å². The van der Waals surface area contributed by atoms with Crippen molar-refractivity contribution in [3.8, 4) is 11.5 Å². The van der Waals surface area contributed by atoms with Gasteiger partial charge in [0.1, 0.15) is 0 Å². The van der Waals surface area contributed by atoms with Crippen LogP contribution in [-0.2, 0) is 6.54 Å². The Morgan fingerprint density at radius 2 is 1.90 bits per heavy atom. The number of halogens is 2. The topological polar surface area (TPSA) is 30.5 Å². The van der Waals surface area contributed by atoms with Crippen molar-refractivity contribution >= 4 is 31.9 Å². The molecule has 0 saturated heterocycles. The first kappa shape index (κ1) is 14.9. The van der Waals surface area contributed by atoms with Gasteiger partial charge in [0.15, 0.2) is 11.5 Å². The zero-order valence-electron chi connectivity index (χ0n) is 11.5. The molecular weight excluding hydrogens is 398 g/mol. The van der Waals surface area contributed by atoms with Gasteiger partial charge in [-0.05, 0) is 58.2 Å². The number of nitrogens with one attached hydrogen (secondary N) is 1. The minimum absolute atomic E-state index is 0.280. The van der Waals surface area contributed by atoms with Crippen LogP contribution in [0.2, 0.25) is 0 Å². The lowest BCUT2D eigenvalue weighted by molar-refractivity contribution is 0.173. The first-order valence-corrected chi connectivity index (χ1v) is 8.29. The molecule has 1 unspecified atom stereocenters. The van der Waals surface area contributed by atoms with Crippen LogP contribution in [0.5, 0.6) is 11.5 Å². The van der Waals surface area contributed by atoms with E-state index in [0.717, 1.165) is 32.6 Å². The van der Waals surface area contributed by atoms with E-state index >= 15 is 0 Å². The van der Waals surface area contributed by atoms with Crippen molar-refractivity contribution in [1.29, 1.82) is 0 Å². The molecule has 1 heterocycles. The minimum Gasteiger partial charge on any atom is -0.454 e. The molecule has 2 aromatic rings. The summed E-state index contributed by atoms with van der Waals surface area (Å²) < 4.78 is 12.9. The van der Waals surface area contributed by atoms with E-state index in [1.54, 1.807) is 0 Å². The highest BCUT2D eigenvalue weighted by Gasteiger charge is 2.18. The van der Waals surface area contributed by atoms with Crippen LogP contribution >= 0.6 is 31.9 Å². The predicted octanol–water partition coefficient (Wildman–Crippen LogP) is 4.79. The van der Waals surface area contributed by atoms with Crippen molar-refractivity contribution in [2.24, 2.45) is 0 Å². The molecule has 5 heteroatoms. The second kappa shape index (κ2) is 6.38. The second-order valence-corrected chi connectivity index (χ2v) is 6.74. The summed E-state index contributed by atoms with van der Waals surface area (Å²) in [6.07, 6.45) is 0. The van der Waals surface area contributed by atoms with Gasteiger partial charge in [-0.15, -0.1) is 0 Å². The zero-order valence-corrected chi connectivity index (χ0v) is 14.7. The van der Waals surface area contributed by atoms with Crippen molar-refractivity contribution in [2.75, 3.05) is 6.79 Å². The molecule has 21 heavy (non-hydrogen) atoms. The van der Waals surface area contributed by atoms with Gasteiger partial charge in [-0.25, -0.2) is 0 Å². The Hall–Kier alpha value is -1.04. The van der Waals surface area contributed by atoms with Gasteiger partial charge in [0, 0.05) is 17.1 Å². The molecule has 0 aliphatic carbocycles. The fourth-order valence-electron chi connectivity index (χ4n) is 2.26. The quantitative estimate of drug-likeness (QED) is 0.782. The summed E-state index contributed by atoms with van der Waals surface area (Å²) in [4.78, 5) is 0. The summed E-state index contributed by atoms with van der Waals surface area (Å²) in [5.74, 6) is 1.59. The third-order valence-electron chi connectivity index (χ3n) is 3.47. The highest BCUT2D eigenvalue weighted by atomic mass is 79.9. The monoisotopic (exact) mass is 411 g/mol. The average Bonchev–Trinajstić information content (AvgIpc) is 2.94. The Bertz CT molecular complexity index is 643. The third kappa shape index (κ3) is 3.42. The Morgan fingerprint density at radius 3 is 2.67 bits per heavy atom. The van der Waals surface area contributed by atoms with Gasteiger partial charge in [-0.1, -0.05) is 28.1 Å². The molecule has 0 aromatic heterocycles. The van der Waals surface area contributed by atoms with Crippen LogP contribution in [-0.4, -0.2) is 6.79 Å². The molecule has 0 amide bonds. The summed E-state index contributed by atoms with van der Waals surface area (Å²) in [5, 5.41) is 3.52. The molecule has 0 spiro atoms. The molecule has 1 atom stereocenters. The Labute approximate surface area is 140 Å². The van der Waals surface area contributed by atoms with E-state index in [4.69, 9.17) is 9.47 Å². The van der Waals surface area contributed by atoms with E-state index in [1.807, 2.05) is 6.07 Å². The van der Waals surface area contributed by atoms with Crippen molar-refractivity contribution in [3.63, 3.8) is 0 Å². The average molecular weight is 413 g/mol. The van der Waals surface area contributed by atoms with E-state index in [1.165, 1.54) is 5.56 Å². The molecule has 0 bridgehead atoms. The molecule has 0 saturated carbocycles. The second-order valence-electron chi connectivity index (χ2n) is 4.97. The number of ether oxygens (including phenoxy) is 2. The lowest BCUT2D eigenvalue weighted by Crippen LogP contribution is -2.18. The van der Waals surface area contributed by atoms with Crippen LogP contribution in [0.25, 0.3) is 0 Å². The molecule has 3 nitrogen and oxygen atoms in total. The van der Waals surface area contributed by atoms with Crippen molar-refractivity contribution < 1.29 is 9.47 Å². The van der Waals surface area contributed by atoms with Gasteiger partial charge in [-0.3, -0.25) is 0 Å². The van der Waals surface area contributed by atoms with Gasteiger partial charge in [0.05, 0.1) is 4.47 Å². The van der Waals surface area contributed by atoms with E-state index in [9.17, 15) is 0 Å². The maximum Gasteiger partial charge on any atom is 0.231 e. The Balaban J connectivity index is 1.67. The standard InChI is InChI=1S/C16H15Br2NO2/c1-10(12-2-4-13(17)5-3-12)19-8-11-6-14(18)16-15(7-11)20-9-21-16/h2-7,10,19H,8-9H2,1H3. The van der Waals surface area contributed by atoms with Crippen LogP contribution in [0.3, 0.4) is 0 Å². The molecular formula is C16H15Br2NO2. The highest BCUT2D eigenvalue weighted by molar-refractivity contribution is 9.10. The first-order valence-electron chi connectivity index (χ1n) is 6.70. The zero-order chi connectivity index (χ0) is 14.8. The molecule has 0 fully saturated rings. The van der Waals surface area contributed by atoms with E-state index in [2.05, 4.69) is 74.4 Å². The third-order valence-corrected chi connectivity index (χ3v) is 4.59. The summed E-state index contributed by atoms with van der Waals surface area (Å²) in [6, 6.07) is 12.7. The summed E-state index contributed by atoms with van der Waals surface area (Å²) >= 11 is 6.98. The van der Waals surface area contributed by atoms with Gasteiger partial charge < -0.3 is 14.8 Å². The Kier molecular flexibility index (Phi) is 4.52. The number of hydrogen-bond acceptors (Lipinski definition) is 3. The molecule has 1 N–H and O–H groups in total. The van der Waals surface area contributed by atoms with E-state index in [0.29, 0.717) is 6.79 Å². The van der Waals surface area contributed by atoms with Crippen LogP contribution in [0.15, 0.2) is 45.3 Å². The predicted molar refractivity (Wildman–Crippen MR) is 89.7 cm³/mol. The first-order chi connectivity index (χ1) is 10.1. The molecule has 110 valence electrons. The van der Waals surface area contributed by atoms with E-state index < -0.39 is 0 Å². The lowest BCUT2D eigenvalue weighted by atomic mass is 10.1. The number of fused-ring (bicyclic) bond motifs is 1. The maximum atomic E-state index is 5.44. The van der Waals surface area contributed by atoms with Crippen molar-refractivity contribution in [1.82, 2.24) is 5.32 Å². The Morgan fingerprint density at radius 1 is 1.14 bits per heavy atom. The van der Waals surface area contributed by atoms with Gasteiger partial charge in [0.25, 0.3) is 0 Å². The molecule has 2 aromatic carbocycles. The molecule has 1 aliphatic rings. The summed E-state index contributed by atoms with van der Waals surface area (Å²) in [7, 11) is 0. The van der Waals surface area contributed by atoms with Crippen LogP contribution < -0.4 is 14.8 Å². The summed E-state index contributed by atoms with van der Waals surface area (Å²) in [5.41, 5.74) is 2.42. The number of hydrogen-bond donors (Lipinski definition) is 1. The minimum atomic E-state index is 0.280. The van der Waals surface area contributed by atoms with E-state index in [-0.39, 0.29) is 6.04 Å². The van der Waals surface area contributed by atoms with Gasteiger partial charge >= 0.3 is 0 Å². The normalized spacial score (nSPS) is 14.2. The van der Waals surface area contributed by atoms with Crippen LogP contribution in [0.1, 0.15) is 24.1 Å². The lowest BCUT2D eigenvalue weighted by Gasteiger charge is -2.15. The molecule has 3 rings (SSSR count). The number of benzene rings is 2. The fraction of sp³-hybridized carbons (Fsp3) is 0.250. The maximum absolute atomic E-state index is 5.44. The van der Waals surface area contributed by atoms with Crippen LogP contribution in [0.4, 0.5) is 0 Å². The highest BCUT2D eigenvalue weighted by Crippen LogP contribution is 2.40. The van der Waals surface area contributed by atoms with Gasteiger partial charge in [-0.2, -0.15) is 0 Å². The molecule has 1 aliphatic heterocycles. The smallest absolute Gasteiger partial charge is 0.231 e.